The molecule has 1 aliphatic heterocycles. The summed E-state index contributed by atoms with van der Waals surface area (Å²) in [4.78, 5) is 23.4. The van der Waals surface area contributed by atoms with Crippen LogP contribution in [0.25, 0.3) is 0 Å². The first-order valence-corrected chi connectivity index (χ1v) is 9.45. The highest BCUT2D eigenvalue weighted by Gasteiger charge is 2.26. The Morgan fingerprint density at radius 1 is 1.23 bits per heavy atom. The molecule has 0 saturated carbocycles. The molecule has 26 heavy (non-hydrogen) atoms. The number of carbonyl (C=O) groups is 1. The van der Waals surface area contributed by atoms with Crippen LogP contribution in [-0.4, -0.2) is 25.8 Å². The first-order valence-electron chi connectivity index (χ1n) is 7.97. The minimum absolute atomic E-state index is 0.121. The van der Waals surface area contributed by atoms with E-state index in [1.807, 2.05) is 0 Å². The molecule has 0 unspecified atom stereocenters. The first kappa shape index (κ1) is 17.9. The molecular formula is C17H17N3O5S. The predicted molar refractivity (Wildman–Crippen MR) is 96.7 cm³/mol. The van der Waals surface area contributed by atoms with Crippen LogP contribution in [0.4, 0.5) is 17.1 Å². The van der Waals surface area contributed by atoms with Gasteiger partial charge in [-0.05, 0) is 36.6 Å². The Morgan fingerprint density at radius 2 is 1.96 bits per heavy atom. The molecule has 1 N–H and O–H groups in total. The second-order valence-corrected chi connectivity index (χ2v) is 7.60. The van der Waals surface area contributed by atoms with E-state index < -0.39 is 25.5 Å². The Balaban J connectivity index is 1.98. The van der Waals surface area contributed by atoms with Gasteiger partial charge in [-0.1, -0.05) is 18.2 Å². The average molecular weight is 375 g/mol. The molecule has 0 atom stereocenters. The zero-order chi connectivity index (χ0) is 18.9. The van der Waals surface area contributed by atoms with Gasteiger partial charge in [-0.3, -0.25) is 19.6 Å². The van der Waals surface area contributed by atoms with Crippen molar-refractivity contribution >= 4 is 33.0 Å². The number of carbonyl (C=O) groups excluding carboxylic acids is 1. The van der Waals surface area contributed by atoms with Crippen LogP contribution >= 0.6 is 0 Å². The summed E-state index contributed by atoms with van der Waals surface area (Å²) in [7, 11) is -4.15. The van der Waals surface area contributed by atoms with E-state index in [1.54, 1.807) is 23.1 Å². The Hall–Kier alpha value is -2.94. The van der Waals surface area contributed by atoms with Crippen LogP contribution < -0.4 is 9.62 Å². The number of nitrogens with one attached hydrogen (secondary N) is 1. The quantitative estimate of drug-likeness (QED) is 0.653. The fourth-order valence-electron chi connectivity index (χ4n) is 3.01. The van der Waals surface area contributed by atoms with Crippen LogP contribution in [0.3, 0.4) is 0 Å². The molecule has 0 aliphatic carbocycles. The van der Waals surface area contributed by atoms with Crippen molar-refractivity contribution in [2.45, 2.75) is 24.7 Å². The number of anilines is 2. The number of nitro groups is 1. The molecule has 2 aromatic carbocycles. The molecule has 1 amide bonds. The maximum Gasteiger partial charge on any atom is 0.289 e. The Labute approximate surface area is 150 Å². The topological polar surface area (TPSA) is 110 Å². The van der Waals surface area contributed by atoms with Crippen molar-refractivity contribution < 1.29 is 18.1 Å². The Kier molecular flexibility index (Phi) is 4.64. The van der Waals surface area contributed by atoms with Crippen molar-refractivity contribution in [1.29, 1.82) is 0 Å². The van der Waals surface area contributed by atoms with Gasteiger partial charge in [0.05, 0.1) is 10.6 Å². The van der Waals surface area contributed by atoms with Crippen molar-refractivity contribution in [2.75, 3.05) is 16.2 Å². The van der Waals surface area contributed by atoms with E-state index in [9.17, 15) is 23.3 Å². The highest BCUT2D eigenvalue weighted by molar-refractivity contribution is 7.92. The van der Waals surface area contributed by atoms with E-state index in [1.165, 1.54) is 25.1 Å². The first-order chi connectivity index (χ1) is 12.3. The lowest BCUT2D eigenvalue weighted by atomic mass is 10.0. The molecule has 0 aromatic heterocycles. The van der Waals surface area contributed by atoms with E-state index in [4.69, 9.17) is 0 Å². The third-order valence-electron chi connectivity index (χ3n) is 4.19. The van der Waals surface area contributed by atoms with E-state index in [0.29, 0.717) is 12.2 Å². The molecular weight excluding hydrogens is 358 g/mol. The summed E-state index contributed by atoms with van der Waals surface area (Å²) in [5, 5.41) is 11.1. The predicted octanol–water partition coefficient (Wildman–Crippen LogP) is 2.69. The number of amides is 1. The summed E-state index contributed by atoms with van der Waals surface area (Å²) in [6.45, 7) is 2.03. The van der Waals surface area contributed by atoms with E-state index >= 15 is 0 Å². The minimum atomic E-state index is -4.15. The fourth-order valence-corrected chi connectivity index (χ4v) is 4.23. The number of aryl methyl sites for hydroxylation is 1. The molecule has 0 spiro atoms. The standard InChI is InChI=1S/C17H17N3O5S/c1-12(21)19-10-4-5-13-8-9-14(11-16(13)19)18-26(24,25)17-7-3-2-6-15(17)20(22)23/h2-3,6-9,11,18H,4-5,10H2,1H3. The van der Waals surface area contributed by atoms with Crippen molar-refractivity contribution in [3.63, 3.8) is 0 Å². The SMILES string of the molecule is CC(=O)N1CCCc2ccc(NS(=O)(=O)c3ccccc3[N+](=O)[O-])cc21. The minimum Gasteiger partial charge on any atom is -0.312 e. The van der Waals surface area contributed by atoms with Gasteiger partial charge in [-0.2, -0.15) is 0 Å². The number of hydrogen-bond donors (Lipinski definition) is 1. The summed E-state index contributed by atoms with van der Waals surface area (Å²) in [5.41, 5.74) is 1.37. The number of sulfonamides is 1. The van der Waals surface area contributed by atoms with Crippen LogP contribution in [0.15, 0.2) is 47.4 Å². The molecule has 2 aromatic rings. The van der Waals surface area contributed by atoms with Crippen molar-refractivity contribution in [1.82, 2.24) is 0 Å². The van der Waals surface area contributed by atoms with Crippen molar-refractivity contribution in [3.05, 3.63) is 58.1 Å². The lowest BCUT2D eigenvalue weighted by molar-refractivity contribution is -0.387. The molecule has 0 radical (unpaired) electrons. The molecule has 0 fully saturated rings. The number of para-hydroxylation sites is 1. The molecule has 1 heterocycles. The molecule has 9 heteroatoms. The van der Waals surface area contributed by atoms with E-state index in [-0.39, 0.29) is 11.6 Å². The number of nitrogens with zero attached hydrogens (tertiary/aromatic N) is 2. The van der Waals surface area contributed by atoms with E-state index in [0.717, 1.165) is 24.5 Å². The van der Waals surface area contributed by atoms with Crippen LogP contribution in [0, 0.1) is 10.1 Å². The third kappa shape index (κ3) is 3.38. The van der Waals surface area contributed by atoms with Gasteiger partial charge in [0.1, 0.15) is 0 Å². The van der Waals surface area contributed by atoms with Crippen LogP contribution in [0.5, 0.6) is 0 Å². The average Bonchev–Trinajstić information content (AvgIpc) is 2.60. The monoisotopic (exact) mass is 375 g/mol. The molecule has 8 nitrogen and oxygen atoms in total. The number of fused-ring (bicyclic) bond motifs is 1. The summed E-state index contributed by atoms with van der Waals surface area (Å²) in [5.74, 6) is -0.121. The molecule has 136 valence electrons. The summed E-state index contributed by atoms with van der Waals surface area (Å²) < 4.78 is 27.6. The normalized spacial score (nSPS) is 13.8. The van der Waals surface area contributed by atoms with Crippen molar-refractivity contribution in [2.24, 2.45) is 0 Å². The van der Waals surface area contributed by atoms with Gasteiger partial charge in [-0.25, -0.2) is 8.42 Å². The summed E-state index contributed by atoms with van der Waals surface area (Å²) >= 11 is 0. The van der Waals surface area contributed by atoms with Crippen LogP contribution in [0.1, 0.15) is 18.9 Å². The summed E-state index contributed by atoms with van der Waals surface area (Å²) in [6, 6.07) is 10.1. The van der Waals surface area contributed by atoms with Gasteiger partial charge >= 0.3 is 0 Å². The second kappa shape index (κ2) is 6.75. The lowest BCUT2D eigenvalue weighted by Gasteiger charge is -2.29. The van der Waals surface area contributed by atoms with Gasteiger partial charge < -0.3 is 4.90 Å². The second-order valence-electron chi connectivity index (χ2n) is 5.95. The van der Waals surface area contributed by atoms with Gasteiger partial charge in [0.2, 0.25) is 5.91 Å². The third-order valence-corrected chi connectivity index (χ3v) is 5.62. The molecule has 0 bridgehead atoms. The lowest BCUT2D eigenvalue weighted by Crippen LogP contribution is -2.33. The number of nitro benzene ring substituents is 1. The molecule has 0 saturated heterocycles. The molecule has 1 aliphatic rings. The highest BCUT2D eigenvalue weighted by atomic mass is 32.2. The fraction of sp³-hybridized carbons (Fsp3) is 0.235. The van der Waals surface area contributed by atoms with Crippen molar-refractivity contribution in [3.8, 4) is 0 Å². The number of hydrogen-bond acceptors (Lipinski definition) is 5. The van der Waals surface area contributed by atoms with E-state index in [2.05, 4.69) is 4.72 Å². The zero-order valence-corrected chi connectivity index (χ0v) is 14.8. The van der Waals surface area contributed by atoms with Gasteiger partial charge in [-0.15, -0.1) is 0 Å². The number of benzene rings is 2. The Morgan fingerprint density at radius 3 is 2.65 bits per heavy atom. The highest BCUT2D eigenvalue weighted by Crippen LogP contribution is 2.32. The smallest absolute Gasteiger partial charge is 0.289 e. The Bertz CT molecular complexity index is 988. The van der Waals surface area contributed by atoms with Gasteiger partial charge in [0, 0.05) is 25.2 Å². The van der Waals surface area contributed by atoms with Crippen LogP contribution in [-0.2, 0) is 21.2 Å². The maximum absolute atomic E-state index is 12.6. The number of rotatable bonds is 4. The van der Waals surface area contributed by atoms with Crippen LogP contribution in [0.2, 0.25) is 0 Å². The molecule has 3 rings (SSSR count). The van der Waals surface area contributed by atoms with Gasteiger partial charge in [0.25, 0.3) is 15.7 Å². The maximum atomic E-state index is 12.6. The zero-order valence-electron chi connectivity index (χ0n) is 14.0. The largest absolute Gasteiger partial charge is 0.312 e. The summed E-state index contributed by atoms with van der Waals surface area (Å²) in [6.07, 6.45) is 1.64. The van der Waals surface area contributed by atoms with Gasteiger partial charge in [0.15, 0.2) is 4.90 Å².